The number of furan rings is 1. The lowest BCUT2D eigenvalue weighted by Gasteiger charge is -2.40. The Morgan fingerprint density at radius 3 is 1.97 bits per heavy atom. The highest BCUT2D eigenvalue weighted by atomic mass is 19.4. The minimum absolute atomic E-state index is 0.490. The quantitative estimate of drug-likeness (QED) is 0.562. The fourth-order valence-corrected chi connectivity index (χ4v) is 4.39. The third kappa shape index (κ3) is 10.1. The van der Waals surface area contributed by atoms with Crippen LogP contribution in [0, 0.1) is 5.41 Å². The predicted molar refractivity (Wildman–Crippen MR) is 116 cm³/mol. The minimum Gasteiger partial charge on any atom is -0.475 e. The SMILES string of the molecule is Cn1cc(CN2CCCC3(CCN(Cc4ccoc4)C3)C2)cn1.O=C(O)C(F)(F)F.O=C(O)C(F)(F)F. The van der Waals surface area contributed by atoms with E-state index in [4.69, 9.17) is 24.2 Å². The summed E-state index contributed by atoms with van der Waals surface area (Å²) in [6, 6.07) is 2.08. The van der Waals surface area contributed by atoms with Gasteiger partial charge in [-0.05, 0) is 43.8 Å². The van der Waals surface area contributed by atoms with E-state index in [1.165, 1.54) is 56.6 Å². The van der Waals surface area contributed by atoms with Crippen molar-refractivity contribution in [2.24, 2.45) is 12.5 Å². The molecule has 0 aliphatic carbocycles. The number of halogens is 6. The molecule has 2 aromatic rings. The van der Waals surface area contributed by atoms with Gasteiger partial charge in [-0.3, -0.25) is 14.5 Å². The van der Waals surface area contributed by atoms with Crippen LogP contribution in [0.25, 0.3) is 0 Å². The predicted octanol–water partition coefficient (Wildman–Crippen LogP) is 3.77. The molecule has 0 radical (unpaired) electrons. The fraction of sp³-hybridized carbons (Fsp3) is 0.591. The first-order valence-electron chi connectivity index (χ1n) is 11.1. The fourth-order valence-electron chi connectivity index (χ4n) is 4.39. The maximum Gasteiger partial charge on any atom is 0.490 e. The van der Waals surface area contributed by atoms with E-state index in [9.17, 15) is 26.3 Å². The highest BCUT2D eigenvalue weighted by molar-refractivity contribution is 5.73. The zero-order valence-corrected chi connectivity index (χ0v) is 19.9. The Balaban J connectivity index is 0.000000286. The van der Waals surface area contributed by atoms with E-state index in [1.807, 2.05) is 24.2 Å². The molecule has 0 aromatic carbocycles. The molecule has 0 bridgehead atoms. The van der Waals surface area contributed by atoms with Gasteiger partial charge >= 0.3 is 24.3 Å². The van der Waals surface area contributed by atoms with Gasteiger partial charge in [0.1, 0.15) is 0 Å². The van der Waals surface area contributed by atoms with Crippen LogP contribution in [0.3, 0.4) is 0 Å². The second-order valence-electron chi connectivity index (χ2n) is 9.03. The highest BCUT2D eigenvalue weighted by Crippen LogP contribution is 2.39. The maximum absolute atomic E-state index is 10.6. The monoisotopic (exact) mass is 542 g/mol. The van der Waals surface area contributed by atoms with Crippen LogP contribution in [0.1, 0.15) is 30.4 Å². The molecule has 4 heterocycles. The standard InChI is InChI=1S/C18H26N4O.2C2HF3O2/c1-20-10-17(9-19-20)12-21-6-2-4-18(14-21)5-7-22(15-18)11-16-3-8-23-13-16;2*3-2(4,5)1(6)7/h3,8-10,13H,2,4-7,11-12,14-15H2,1H3;2*(H,6,7). The Bertz CT molecular complexity index is 984. The smallest absolute Gasteiger partial charge is 0.475 e. The molecule has 37 heavy (non-hydrogen) atoms. The number of aromatic nitrogens is 2. The Morgan fingerprint density at radius 1 is 0.973 bits per heavy atom. The van der Waals surface area contributed by atoms with Gasteiger partial charge in [0.25, 0.3) is 0 Å². The molecule has 0 saturated carbocycles. The number of carboxylic acids is 2. The normalized spacial score (nSPS) is 20.6. The molecule has 1 unspecified atom stereocenters. The van der Waals surface area contributed by atoms with Crippen molar-refractivity contribution in [3.8, 4) is 0 Å². The number of rotatable bonds is 4. The van der Waals surface area contributed by atoms with Crippen LogP contribution in [0.4, 0.5) is 26.3 Å². The number of carboxylic acid groups (broad SMARTS) is 2. The molecule has 4 rings (SSSR count). The van der Waals surface area contributed by atoms with E-state index in [1.54, 1.807) is 6.26 Å². The van der Waals surface area contributed by atoms with Crippen LogP contribution in [0.15, 0.2) is 35.4 Å². The van der Waals surface area contributed by atoms with E-state index in [0.717, 1.165) is 13.1 Å². The summed E-state index contributed by atoms with van der Waals surface area (Å²) in [5.74, 6) is -5.51. The van der Waals surface area contributed by atoms with Crippen LogP contribution in [-0.4, -0.2) is 80.3 Å². The molecule has 1 atom stereocenters. The van der Waals surface area contributed by atoms with Gasteiger partial charge in [-0.2, -0.15) is 31.4 Å². The molecular formula is C22H28F6N4O5. The summed E-state index contributed by atoms with van der Waals surface area (Å²) < 4.78 is 70.6. The summed E-state index contributed by atoms with van der Waals surface area (Å²) in [6.45, 7) is 6.95. The number of alkyl halides is 6. The lowest BCUT2D eigenvalue weighted by atomic mass is 9.79. The average Bonchev–Trinajstić information content (AvgIpc) is 3.51. The summed E-state index contributed by atoms with van der Waals surface area (Å²) >= 11 is 0. The highest BCUT2D eigenvalue weighted by Gasteiger charge is 2.41. The van der Waals surface area contributed by atoms with Crippen LogP contribution in [0.5, 0.6) is 0 Å². The Morgan fingerprint density at radius 2 is 1.51 bits per heavy atom. The molecular weight excluding hydrogens is 514 g/mol. The third-order valence-electron chi connectivity index (χ3n) is 5.89. The molecule has 2 N–H and O–H groups in total. The minimum atomic E-state index is -5.08. The second-order valence-corrected chi connectivity index (χ2v) is 9.03. The molecule has 0 amide bonds. The molecule has 15 heteroatoms. The Hall–Kier alpha value is -3.07. The van der Waals surface area contributed by atoms with Crippen molar-refractivity contribution in [3.63, 3.8) is 0 Å². The molecule has 208 valence electrons. The number of likely N-dealkylation sites (tertiary alicyclic amines) is 2. The van der Waals surface area contributed by atoms with Gasteiger partial charge in [0, 0.05) is 50.6 Å². The summed E-state index contributed by atoms with van der Waals surface area (Å²) in [6.07, 6.45) is 1.65. The zero-order chi connectivity index (χ0) is 27.9. The number of piperidine rings is 1. The summed E-state index contributed by atoms with van der Waals surface area (Å²) in [4.78, 5) is 23.0. The molecule has 2 aromatic heterocycles. The van der Waals surface area contributed by atoms with Gasteiger partial charge < -0.3 is 14.6 Å². The summed E-state index contributed by atoms with van der Waals surface area (Å²) in [5, 5.41) is 18.5. The first kappa shape index (κ1) is 30.2. The van der Waals surface area contributed by atoms with Gasteiger partial charge in [-0.15, -0.1) is 0 Å². The van der Waals surface area contributed by atoms with Crippen LogP contribution >= 0.6 is 0 Å². The lowest BCUT2D eigenvalue weighted by molar-refractivity contribution is -0.193. The first-order valence-corrected chi connectivity index (χ1v) is 11.1. The second kappa shape index (κ2) is 12.4. The van der Waals surface area contributed by atoms with Gasteiger partial charge in [0.2, 0.25) is 0 Å². The van der Waals surface area contributed by atoms with Crippen molar-refractivity contribution in [2.45, 2.75) is 44.7 Å². The summed E-state index contributed by atoms with van der Waals surface area (Å²) in [5.41, 5.74) is 3.12. The number of hydrogen-bond acceptors (Lipinski definition) is 6. The number of nitrogens with zero attached hydrogens (tertiary/aromatic N) is 4. The topological polar surface area (TPSA) is 112 Å². The molecule has 2 saturated heterocycles. The number of aliphatic carboxylic acids is 2. The van der Waals surface area contributed by atoms with Crippen molar-refractivity contribution >= 4 is 11.9 Å². The van der Waals surface area contributed by atoms with E-state index < -0.39 is 24.3 Å². The first-order chi connectivity index (χ1) is 17.1. The van der Waals surface area contributed by atoms with E-state index in [-0.39, 0.29) is 0 Å². The van der Waals surface area contributed by atoms with Gasteiger partial charge in [0.05, 0.1) is 18.7 Å². The molecule has 2 aliphatic rings. The largest absolute Gasteiger partial charge is 0.490 e. The third-order valence-corrected chi connectivity index (χ3v) is 5.89. The van der Waals surface area contributed by atoms with Gasteiger partial charge in [0.15, 0.2) is 0 Å². The molecule has 2 fully saturated rings. The number of hydrogen-bond donors (Lipinski definition) is 2. The Labute approximate surface area is 208 Å². The van der Waals surface area contributed by atoms with Crippen molar-refractivity contribution in [3.05, 3.63) is 42.1 Å². The Kier molecular flexibility index (Phi) is 10.1. The van der Waals surface area contributed by atoms with Crippen molar-refractivity contribution in [1.29, 1.82) is 0 Å². The van der Waals surface area contributed by atoms with Crippen molar-refractivity contribution < 1.29 is 50.6 Å². The number of carbonyl (C=O) groups is 2. The van der Waals surface area contributed by atoms with Gasteiger partial charge in [-0.1, -0.05) is 0 Å². The van der Waals surface area contributed by atoms with Gasteiger partial charge in [-0.25, -0.2) is 9.59 Å². The van der Waals surface area contributed by atoms with Crippen molar-refractivity contribution in [1.82, 2.24) is 19.6 Å². The van der Waals surface area contributed by atoms with E-state index in [2.05, 4.69) is 27.2 Å². The van der Waals surface area contributed by atoms with Crippen molar-refractivity contribution in [2.75, 3.05) is 26.2 Å². The zero-order valence-electron chi connectivity index (χ0n) is 19.9. The summed E-state index contributed by atoms with van der Waals surface area (Å²) in [7, 11) is 1.99. The molecule has 9 nitrogen and oxygen atoms in total. The molecule has 1 spiro atoms. The molecule has 2 aliphatic heterocycles. The van der Waals surface area contributed by atoms with E-state index in [0.29, 0.717) is 5.41 Å². The van der Waals surface area contributed by atoms with E-state index >= 15 is 0 Å². The number of aryl methyl sites for hydroxylation is 1. The van der Waals surface area contributed by atoms with Crippen LogP contribution in [-0.2, 0) is 29.7 Å². The van der Waals surface area contributed by atoms with Crippen LogP contribution in [0.2, 0.25) is 0 Å². The van der Waals surface area contributed by atoms with Crippen LogP contribution < -0.4 is 0 Å². The lowest BCUT2D eigenvalue weighted by Crippen LogP contribution is -2.44. The maximum atomic E-state index is 10.6. The average molecular weight is 542 g/mol.